The second kappa shape index (κ2) is 5.45. The van der Waals surface area contributed by atoms with Gasteiger partial charge in [-0.1, -0.05) is 29.8 Å². The third-order valence-electron chi connectivity index (χ3n) is 3.00. The van der Waals surface area contributed by atoms with Gasteiger partial charge in [-0.3, -0.25) is 0 Å². The van der Waals surface area contributed by atoms with Crippen LogP contribution in [0.1, 0.15) is 17.0 Å². The number of rotatable bonds is 3. The Morgan fingerprint density at radius 1 is 1.21 bits per heavy atom. The van der Waals surface area contributed by atoms with Gasteiger partial charge >= 0.3 is 0 Å². The molecule has 1 aromatic heterocycles. The van der Waals surface area contributed by atoms with E-state index in [0.29, 0.717) is 18.2 Å². The van der Waals surface area contributed by atoms with Crippen LogP contribution in [0, 0.1) is 13.8 Å². The molecule has 0 atom stereocenters. The quantitative estimate of drug-likeness (QED) is 0.936. The van der Waals surface area contributed by atoms with Crippen LogP contribution in [0.25, 0.3) is 0 Å². The highest BCUT2D eigenvalue weighted by Crippen LogP contribution is 2.24. The molecule has 5 heteroatoms. The summed E-state index contributed by atoms with van der Waals surface area (Å²) in [5, 5.41) is 0.755. The number of halogens is 1. The molecule has 19 heavy (non-hydrogen) atoms. The maximum atomic E-state index is 6.17. The highest BCUT2D eigenvalue weighted by atomic mass is 35.5. The first-order valence-electron chi connectivity index (χ1n) is 6.04. The van der Waals surface area contributed by atoms with Gasteiger partial charge in [0.1, 0.15) is 17.5 Å². The molecule has 0 bridgehead atoms. The zero-order chi connectivity index (χ0) is 14.0. The smallest absolute Gasteiger partial charge is 0.137 e. The van der Waals surface area contributed by atoms with Gasteiger partial charge < -0.3 is 10.6 Å². The molecule has 0 radical (unpaired) electrons. The fraction of sp³-hybridized carbons (Fsp3) is 0.286. The third-order valence-corrected chi connectivity index (χ3v) is 3.37. The molecule has 1 aromatic carbocycles. The number of nitrogens with zero attached hydrogens (tertiary/aromatic N) is 3. The fourth-order valence-corrected chi connectivity index (χ4v) is 2.16. The van der Waals surface area contributed by atoms with Crippen LogP contribution < -0.4 is 10.6 Å². The monoisotopic (exact) mass is 276 g/mol. The van der Waals surface area contributed by atoms with Crippen LogP contribution in [0.5, 0.6) is 0 Å². The van der Waals surface area contributed by atoms with Crippen LogP contribution in [-0.4, -0.2) is 17.0 Å². The molecule has 0 aliphatic heterocycles. The second-order valence-corrected chi connectivity index (χ2v) is 4.96. The molecule has 1 heterocycles. The molecule has 0 spiro atoms. The summed E-state index contributed by atoms with van der Waals surface area (Å²) in [5.41, 5.74) is 7.82. The Morgan fingerprint density at radius 3 is 2.58 bits per heavy atom. The topological polar surface area (TPSA) is 55.0 Å². The molecule has 0 aliphatic rings. The van der Waals surface area contributed by atoms with Crippen molar-refractivity contribution >= 4 is 23.2 Å². The zero-order valence-corrected chi connectivity index (χ0v) is 12.1. The number of aryl methyl sites for hydroxylation is 1. The summed E-state index contributed by atoms with van der Waals surface area (Å²) in [7, 11) is 1.97. The number of nitrogen functional groups attached to an aromatic ring is 1. The Bertz CT molecular complexity index is 598. The highest BCUT2D eigenvalue weighted by molar-refractivity contribution is 6.31. The normalized spacial score (nSPS) is 10.5. The van der Waals surface area contributed by atoms with Gasteiger partial charge in [0.25, 0.3) is 0 Å². The average molecular weight is 277 g/mol. The Balaban J connectivity index is 2.30. The van der Waals surface area contributed by atoms with E-state index in [9.17, 15) is 0 Å². The van der Waals surface area contributed by atoms with Gasteiger partial charge in [0.05, 0.1) is 0 Å². The number of benzene rings is 1. The Kier molecular flexibility index (Phi) is 3.90. The van der Waals surface area contributed by atoms with E-state index in [2.05, 4.69) is 9.97 Å². The number of anilines is 2. The van der Waals surface area contributed by atoms with Crippen molar-refractivity contribution in [3.8, 4) is 0 Å². The van der Waals surface area contributed by atoms with Gasteiger partial charge in [0, 0.05) is 24.2 Å². The van der Waals surface area contributed by atoms with E-state index in [1.54, 1.807) is 0 Å². The van der Waals surface area contributed by atoms with Gasteiger partial charge in [-0.2, -0.15) is 0 Å². The van der Waals surface area contributed by atoms with Gasteiger partial charge in [0.15, 0.2) is 0 Å². The van der Waals surface area contributed by atoms with Gasteiger partial charge in [-0.25, -0.2) is 9.97 Å². The van der Waals surface area contributed by atoms with E-state index in [-0.39, 0.29) is 0 Å². The minimum absolute atomic E-state index is 0.522. The minimum Gasteiger partial charge on any atom is -0.383 e. The molecule has 0 saturated heterocycles. The lowest BCUT2D eigenvalue weighted by molar-refractivity contribution is 0.872. The Labute approximate surface area is 118 Å². The van der Waals surface area contributed by atoms with Crippen LogP contribution in [-0.2, 0) is 6.54 Å². The van der Waals surface area contributed by atoms with E-state index in [4.69, 9.17) is 17.3 Å². The molecule has 2 aromatic rings. The second-order valence-electron chi connectivity index (χ2n) is 4.55. The van der Waals surface area contributed by atoms with Crippen molar-refractivity contribution < 1.29 is 0 Å². The van der Waals surface area contributed by atoms with E-state index < -0.39 is 0 Å². The Hall–Kier alpha value is -1.81. The summed E-state index contributed by atoms with van der Waals surface area (Å²) in [4.78, 5) is 10.6. The van der Waals surface area contributed by atoms with E-state index in [0.717, 1.165) is 22.0 Å². The molecule has 0 aliphatic carbocycles. The van der Waals surface area contributed by atoms with Crippen molar-refractivity contribution in [3.63, 3.8) is 0 Å². The van der Waals surface area contributed by atoms with Crippen LogP contribution in [0.15, 0.2) is 24.3 Å². The summed E-state index contributed by atoms with van der Waals surface area (Å²) in [5.74, 6) is 2.03. The van der Waals surface area contributed by atoms with Crippen LogP contribution in [0.3, 0.4) is 0 Å². The standard InChI is InChI=1S/C14H17ClN4/c1-9-13(16)17-10(2)18-14(9)19(3)8-11-6-4-5-7-12(11)15/h4-7H,8H2,1-3H3,(H2,16,17,18). The molecule has 0 unspecified atom stereocenters. The zero-order valence-electron chi connectivity index (χ0n) is 11.3. The summed E-state index contributed by atoms with van der Waals surface area (Å²) in [6.45, 7) is 4.44. The van der Waals surface area contributed by atoms with Crippen LogP contribution in [0.4, 0.5) is 11.6 Å². The molecule has 100 valence electrons. The first-order valence-corrected chi connectivity index (χ1v) is 6.42. The molecule has 2 N–H and O–H groups in total. The third kappa shape index (κ3) is 2.96. The lowest BCUT2D eigenvalue weighted by Crippen LogP contribution is -2.20. The minimum atomic E-state index is 0.522. The molecule has 0 saturated carbocycles. The lowest BCUT2D eigenvalue weighted by Gasteiger charge is -2.21. The number of nitrogens with two attached hydrogens (primary N) is 1. The van der Waals surface area contributed by atoms with Crippen molar-refractivity contribution in [3.05, 3.63) is 46.2 Å². The van der Waals surface area contributed by atoms with E-state index >= 15 is 0 Å². The predicted molar refractivity (Wildman–Crippen MR) is 79.5 cm³/mol. The first-order chi connectivity index (χ1) is 8.99. The largest absolute Gasteiger partial charge is 0.383 e. The average Bonchev–Trinajstić information content (AvgIpc) is 2.36. The molecule has 4 nitrogen and oxygen atoms in total. The first kappa shape index (κ1) is 13.6. The number of hydrogen-bond donors (Lipinski definition) is 1. The maximum Gasteiger partial charge on any atom is 0.137 e. The molecular weight excluding hydrogens is 260 g/mol. The van der Waals surface area contributed by atoms with Crippen molar-refractivity contribution in [1.82, 2.24) is 9.97 Å². The summed E-state index contributed by atoms with van der Waals surface area (Å²) < 4.78 is 0. The van der Waals surface area contributed by atoms with E-state index in [1.807, 2.05) is 50.1 Å². The lowest BCUT2D eigenvalue weighted by atomic mass is 10.2. The SMILES string of the molecule is Cc1nc(N)c(C)c(N(C)Cc2ccccc2Cl)n1. The van der Waals surface area contributed by atoms with Crippen molar-refractivity contribution in [1.29, 1.82) is 0 Å². The maximum absolute atomic E-state index is 6.17. The summed E-state index contributed by atoms with van der Waals surface area (Å²) in [6, 6.07) is 7.79. The molecule has 0 fully saturated rings. The predicted octanol–water partition coefficient (Wildman–Crippen LogP) is 2.97. The number of aromatic nitrogens is 2. The van der Waals surface area contributed by atoms with Gasteiger partial charge in [0.2, 0.25) is 0 Å². The van der Waals surface area contributed by atoms with Gasteiger partial charge in [-0.05, 0) is 25.5 Å². The van der Waals surface area contributed by atoms with Crippen LogP contribution >= 0.6 is 11.6 Å². The molecule has 2 rings (SSSR count). The van der Waals surface area contributed by atoms with Crippen molar-refractivity contribution in [2.45, 2.75) is 20.4 Å². The Morgan fingerprint density at radius 2 is 1.89 bits per heavy atom. The number of hydrogen-bond acceptors (Lipinski definition) is 4. The van der Waals surface area contributed by atoms with Crippen molar-refractivity contribution in [2.75, 3.05) is 17.7 Å². The fourth-order valence-electron chi connectivity index (χ4n) is 1.96. The van der Waals surface area contributed by atoms with Gasteiger partial charge in [-0.15, -0.1) is 0 Å². The van der Waals surface area contributed by atoms with E-state index in [1.165, 1.54) is 0 Å². The highest BCUT2D eigenvalue weighted by Gasteiger charge is 2.12. The summed E-state index contributed by atoms with van der Waals surface area (Å²) in [6.07, 6.45) is 0. The van der Waals surface area contributed by atoms with Crippen molar-refractivity contribution in [2.24, 2.45) is 0 Å². The van der Waals surface area contributed by atoms with Crippen LogP contribution in [0.2, 0.25) is 5.02 Å². The molecule has 0 amide bonds. The molecular formula is C14H17ClN4. The summed E-state index contributed by atoms with van der Waals surface area (Å²) >= 11 is 6.17.